The summed E-state index contributed by atoms with van der Waals surface area (Å²) in [6, 6.07) is 22.9. The monoisotopic (exact) mass is 391 g/mol. The summed E-state index contributed by atoms with van der Waals surface area (Å²) in [4.78, 5) is 24.6. The van der Waals surface area contributed by atoms with Crippen LogP contribution in [0.3, 0.4) is 0 Å². The highest BCUT2D eigenvalue weighted by atomic mass is 16.5. The van der Waals surface area contributed by atoms with E-state index < -0.39 is 18.5 Å². The molecular weight excluding hydrogens is 370 g/mol. The van der Waals surface area contributed by atoms with E-state index in [0.717, 1.165) is 11.1 Å². The van der Waals surface area contributed by atoms with Gasteiger partial charge in [0.2, 0.25) is 0 Å². The van der Waals surface area contributed by atoms with Crippen LogP contribution in [0.5, 0.6) is 11.5 Å². The van der Waals surface area contributed by atoms with E-state index in [2.05, 4.69) is 5.32 Å². The Morgan fingerprint density at radius 3 is 2.03 bits per heavy atom. The van der Waals surface area contributed by atoms with Crippen LogP contribution in [-0.2, 0) is 9.53 Å². The maximum Gasteiger partial charge on any atom is 0.342 e. The lowest BCUT2D eigenvalue weighted by molar-refractivity contribution is -0.124. The summed E-state index contributed by atoms with van der Waals surface area (Å²) in [5, 5.41) is 12.8. The van der Waals surface area contributed by atoms with Crippen LogP contribution in [0.1, 0.15) is 27.5 Å². The van der Waals surface area contributed by atoms with E-state index in [9.17, 15) is 14.7 Å². The second kappa shape index (κ2) is 9.41. The van der Waals surface area contributed by atoms with E-state index >= 15 is 0 Å². The first-order valence-electron chi connectivity index (χ1n) is 9.02. The molecule has 0 atom stereocenters. The summed E-state index contributed by atoms with van der Waals surface area (Å²) >= 11 is 0. The number of nitrogens with one attached hydrogen (secondary N) is 1. The SMILES string of the molecule is COc1ccc(C(=O)OCC(=O)NC(c2ccccc2)c2ccccc2)c(O)c1. The number of hydrogen-bond donors (Lipinski definition) is 2. The number of carbonyl (C=O) groups excluding carboxylic acids is 2. The predicted molar refractivity (Wildman–Crippen MR) is 108 cm³/mol. The van der Waals surface area contributed by atoms with Gasteiger partial charge in [0.05, 0.1) is 13.2 Å². The van der Waals surface area contributed by atoms with Crippen molar-refractivity contribution in [2.75, 3.05) is 13.7 Å². The van der Waals surface area contributed by atoms with Gasteiger partial charge in [-0.3, -0.25) is 4.79 Å². The molecule has 0 aliphatic heterocycles. The van der Waals surface area contributed by atoms with E-state index in [1.807, 2.05) is 60.7 Å². The van der Waals surface area contributed by atoms with Crippen LogP contribution in [0.25, 0.3) is 0 Å². The van der Waals surface area contributed by atoms with Gasteiger partial charge in [0.1, 0.15) is 17.1 Å². The Labute approximate surface area is 168 Å². The van der Waals surface area contributed by atoms with Crippen LogP contribution in [0.15, 0.2) is 78.9 Å². The predicted octanol–water partition coefficient (Wildman–Crippen LogP) is 3.46. The molecule has 6 heteroatoms. The Hall–Kier alpha value is -3.80. The lowest BCUT2D eigenvalue weighted by Crippen LogP contribution is -2.33. The van der Waals surface area contributed by atoms with Gasteiger partial charge in [-0.15, -0.1) is 0 Å². The minimum Gasteiger partial charge on any atom is -0.507 e. The van der Waals surface area contributed by atoms with Crippen molar-refractivity contribution in [2.24, 2.45) is 0 Å². The van der Waals surface area contributed by atoms with E-state index in [1.165, 1.54) is 25.3 Å². The topological polar surface area (TPSA) is 84.9 Å². The summed E-state index contributed by atoms with van der Waals surface area (Å²) in [5.74, 6) is -1.12. The van der Waals surface area contributed by atoms with Gasteiger partial charge in [-0.1, -0.05) is 60.7 Å². The first kappa shape index (κ1) is 19.9. The van der Waals surface area contributed by atoms with Crippen LogP contribution >= 0.6 is 0 Å². The third-order valence-electron chi connectivity index (χ3n) is 4.33. The number of amides is 1. The Balaban J connectivity index is 1.67. The Morgan fingerprint density at radius 2 is 1.52 bits per heavy atom. The molecule has 0 aliphatic carbocycles. The maximum atomic E-state index is 12.5. The molecule has 29 heavy (non-hydrogen) atoms. The van der Waals surface area contributed by atoms with E-state index in [0.29, 0.717) is 5.75 Å². The van der Waals surface area contributed by atoms with Crippen LogP contribution < -0.4 is 10.1 Å². The molecule has 0 bridgehead atoms. The first-order valence-corrected chi connectivity index (χ1v) is 9.02. The largest absolute Gasteiger partial charge is 0.507 e. The summed E-state index contributed by atoms with van der Waals surface area (Å²) < 4.78 is 10.0. The number of benzene rings is 3. The van der Waals surface area contributed by atoms with Crippen molar-refractivity contribution < 1.29 is 24.2 Å². The van der Waals surface area contributed by atoms with Gasteiger partial charge in [0, 0.05) is 6.07 Å². The molecule has 3 aromatic carbocycles. The van der Waals surface area contributed by atoms with Crippen molar-refractivity contribution in [1.29, 1.82) is 0 Å². The highest BCUT2D eigenvalue weighted by molar-refractivity contribution is 5.94. The molecule has 0 spiro atoms. The quantitative estimate of drug-likeness (QED) is 0.603. The molecule has 0 fully saturated rings. The second-order valence-corrected chi connectivity index (χ2v) is 6.28. The number of phenols is 1. The number of rotatable bonds is 7. The second-order valence-electron chi connectivity index (χ2n) is 6.28. The Kier molecular flexibility index (Phi) is 6.47. The number of ether oxygens (including phenoxy) is 2. The van der Waals surface area contributed by atoms with Gasteiger partial charge in [-0.05, 0) is 23.3 Å². The van der Waals surface area contributed by atoms with Crippen molar-refractivity contribution in [3.05, 3.63) is 95.6 Å². The molecule has 3 aromatic rings. The van der Waals surface area contributed by atoms with Gasteiger partial charge >= 0.3 is 5.97 Å². The number of methoxy groups -OCH3 is 1. The van der Waals surface area contributed by atoms with E-state index in [-0.39, 0.29) is 17.4 Å². The fraction of sp³-hybridized carbons (Fsp3) is 0.130. The third-order valence-corrected chi connectivity index (χ3v) is 4.33. The maximum absolute atomic E-state index is 12.5. The van der Waals surface area contributed by atoms with Gasteiger partial charge in [-0.25, -0.2) is 4.79 Å². The smallest absolute Gasteiger partial charge is 0.342 e. The molecule has 0 heterocycles. The zero-order chi connectivity index (χ0) is 20.6. The molecule has 0 unspecified atom stereocenters. The molecule has 0 aromatic heterocycles. The minimum absolute atomic E-state index is 0.0405. The normalized spacial score (nSPS) is 10.4. The zero-order valence-electron chi connectivity index (χ0n) is 15.9. The fourth-order valence-electron chi connectivity index (χ4n) is 2.87. The van der Waals surface area contributed by atoms with Gasteiger partial charge in [0.25, 0.3) is 5.91 Å². The minimum atomic E-state index is -0.795. The molecule has 1 amide bonds. The van der Waals surface area contributed by atoms with Gasteiger partial charge in [-0.2, -0.15) is 0 Å². The van der Waals surface area contributed by atoms with Crippen molar-refractivity contribution in [3.8, 4) is 11.5 Å². The van der Waals surface area contributed by atoms with E-state index in [4.69, 9.17) is 9.47 Å². The highest BCUT2D eigenvalue weighted by Crippen LogP contribution is 2.24. The highest BCUT2D eigenvalue weighted by Gasteiger charge is 2.19. The van der Waals surface area contributed by atoms with Crippen molar-refractivity contribution >= 4 is 11.9 Å². The van der Waals surface area contributed by atoms with Crippen LogP contribution in [0, 0.1) is 0 Å². The Morgan fingerprint density at radius 1 is 0.931 bits per heavy atom. The number of hydrogen-bond acceptors (Lipinski definition) is 5. The first-order chi connectivity index (χ1) is 14.1. The van der Waals surface area contributed by atoms with E-state index in [1.54, 1.807) is 0 Å². The number of aromatic hydroxyl groups is 1. The average molecular weight is 391 g/mol. The summed E-state index contributed by atoms with van der Waals surface area (Å²) in [6.07, 6.45) is 0. The molecule has 0 saturated carbocycles. The van der Waals surface area contributed by atoms with Crippen LogP contribution in [0.2, 0.25) is 0 Å². The molecule has 6 nitrogen and oxygen atoms in total. The molecule has 0 radical (unpaired) electrons. The Bertz CT molecular complexity index is 934. The summed E-state index contributed by atoms with van der Waals surface area (Å²) in [6.45, 7) is -0.472. The summed E-state index contributed by atoms with van der Waals surface area (Å²) in [5.41, 5.74) is 1.78. The van der Waals surface area contributed by atoms with Crippen LogP contribution in [-0.4, -0.2) is 30.7 Å². The van der Waals surface area contributed by atoms with Gasteiger partial charge < -0.3 is 19.9 Å². The number of phenolic OH excluding ortho intramolecular Hbond substituents is 1. The lowest BCUT2D eigenvalue weighted by Gasteiger charge is -2.20. The van der Waals surface area contributed by atoms with Crippen LogP contribution in [0.4, 0.5) is 0 Å². The molecule has 2 N–H and O–H groups in total. The molecule has 3 rings (SSSR count). The zero-order valence-corrected chi connectivity index (χ0v) is 15.9. The van der Waals surface area contributed by atoms with Crippen molar-refractivity contribution in [1.82, 2.24) is 5.32 Å². The number of carbonyl (C=O) groups is 2. The van der Waals surface area contributed by atoms with Crippen molar-refractivity contribution in [2.45, 2.75) is 6.04 Å². The standard InChI is InChI=1S/C23H21NO5/c1-28-18-12-13-19(20(25)14-18)23(27)29-15-21(26)24-22(16-8-4-2-5-9-16)17-10-6-3-7-11-17/h2-14,22,25H,15H2,1H3,(H,24,26). The molecule has 148 valence electrons. The molecular formula is C23H21NO5. The molecule has 0 saturated heterocycles. The number of esters is 1. The lowest BCUT2D eigenvalue weighted by atomic mass is 9.99. The molecule has 0 aliphatic rings. The average Bonchev–Trinajstić information content (AvgIpc) is 2.77. The van der Waals surface area contributed by atoms with Crippen molar-refractivity contribution in [3.63, 3.8) is 0 Å². The van der Waals surface area contributed by atoms with Gasteiger partial charge in [0.15, 0.2) is 6.61 Å². The fourth-order valence-corrected chi connectivity index (χ4v) is 2.87. The third kappa shape index (κ3) is 5.13. The summed E-state index contributed by atoms with van der Waals surface area (Å²) in [7, 11) is 1.45.